The predicted octanol–water partition coefficient (Wildman–Crippen LogP) is 10.1. The van der Waals surface area contributed by atoms with Crippen LogP contribution in [0.25, 0.3) is 21.6 Å². The van der Waals surface area contributed by atoms with Gasteiger partial charge < -0.3 is 35.0 Å². The lowest BCUT2D eigenvalue weighted by molar-refractivity contribution is -0.140. The molecule has 0 spiro atoms. The number of alkyl halides is 3. The van der Waals surface area contributed by atoms with Crippen molar-refractivity contribution in [2.75, 3.05) is 43.4 Å². The number of carbonyl (C=O) groups excluding carboxylic acids is 5. The molecule has 2 saturated heterocycles. The number of amides is 3. The summed E-state index contributed by atoms with van der Waals surface area (Å²) in [6.45, 7) is 12.7. The van der Waals surface area contributed by atoms with Gasteiger partial charge in [-0.2, -0.15) is 13.2 Å². The van der Waals surface area contributed by atoms with Crippen molar-refractivity contribution in [2.45, 2.75) is 129 Å². The van der Waals surface area contributed by atoms with Crippen LogP contribution in [-0.4, -0.2) is 117 Å². The molecule has 0 aliphatic carbocycles. The van der Waals surface area contributed by atoms with E-state index in [9.17, 15) is 47.0 Å². The first-order chi connectivity index (χ1) is 38.5. The highest BCUT2D eigenvalue weighted by atomic mass is 32.1. The second kappa shape index (κ2) is 25.6. The van der Waals surface area contributed by atoms with Crippen LogP contribution < -0.4 is 21.1 Å². The number of benzene rings is 3. The average Bonchev–Trinajstić information content (AvgIpc) is 4.24. The maximum Gasteiger partial charge on any atom is 0.417 e. The monoisotopic (exact) mass is 1140 g/mol. The van der Waals surface area contributed by atoms with Gasteiger partial charge in [0, 0.05) is 93.4 Å². The van der Waals surface area contributed by atoms with Crippen molar-refractivity contribution in [1.82, 2.24) is 30.2 Å². The zero-order chi connectivity index (χ0) is 58.4. The number of unbranched alkanes of at least 4 members (excludes halogenated alkanes) is 2. The third-order valence-electron chi connectivity index (χ3n) is 15.5. The van der Waals surface area contributed by atoms with Gasteiger partial charge in [0.1, 0.15) is 23.3 Å². The first-order valence-electron chi connectivity index (χ1n) is 27.2. The number of Topliss-reactive ketones (excluding diaryl/α,β-unsaturated/α-hetero) is 2. The number of hydrogen-bond acceptors (Lipinski definition) is 13. The number of ketones is 2. The van der Waals surface area contributed by atoms with Gasteiger partial charge in [-0.05, 0) is 106 Å². The molecule has 16 nitrogen and oxygen atoms in total. The first-order valence-corrected chi connectivity index (χ1v) is 28.1. The number of carbonyl (C=O) groups is 5. The summed E-state index contributed by atoms with van der Waals surface area (Å²) in [6, 6.07) is 17.5. The summed E-state index contributed by atoms with van der Waals surface area (Å²) in [5.41, 5.74) is 2.68. The second-order valence-electron chi connectivity index (χ2n) is 21.8. The molecule has 3 amide bonds. The quantitative estimate of drug-likeness (QED) is 0.0392. The highest BCUT2D eigenvalue weighted by Crippen LogP contribution is 2.39. The van der Waals surface area contributed by atoms with E-state index in [1.165, 1.54) is 34.4 Å². The highest BCUT2D eigenvalue weighted by molar-refractivity contribution is 7.13. The summed E-state index contributed by atoms with van der Waals surface area (Å²) in [5.74, 6) is -4.03. The molecule has 2 fully saturated rings. The zero-order valence-corrected chi connectivity index (χ0v) is 47.2. The lowest BCUT2D eigenvalue weighted by atomic mass is 9.85. The molecule has 21 heteroatoms. The van der Waals surface area contributed by atoms with Crippen molar-refractivity contribution in [3.63, 3.8) is 0 Å². The second-order valence-corrected chi connectivity index (χ2v) is 22.7. The number of piperazine rings is 1. The van der Waals surface area contributed by atoms with Gasteiger partial charge in [-0.1, -0.05) is 55.8 Å². The number of aromatic amines is 1. The number of β-amino-alcohol motifs (C(OH)–C–C–N with tert-alkyl or cyclic N) is 1. The van der Waals surface area contributed by atoms with E-state index in [0.717, 1.165) is 27.8 Å². The lowest BCUT2D eigenvalue weighted by Gasteiger charge is -2.44. The number of halogens is 4. The molecule has 0 bridgehead atoms. The van der Waals surface area contributed by atoms with Gasteiger partial charge in [-0.25, -0.2) is 9.37 Å². The first kappa shape index (κ1) is 59.8. The van der Waals surface area contributed by atoms with Gasteiger partial charge in [0.2, 0.25) is 11.5 Å². The average molecular weight is 1140 g/mol. The fraction of sp³-hybridized carbons (Fsp3) is 0.433. The van der Waals surface area contributed by atoms with E-state index in [1.54, 1.807) is 30.6 Å². The molecule has 5 heterocycles. The molecule has 8 rings (SSSR count). The number of likely N-dealkylation sites (N-methyl/N-ethyl adjacent to an activating group) is 1. The summed E-state index contributed by atoms with van der Waals surface area (Å²) in [6.07, 6.45) is -3.35. The third-order valence-corrected chi connectivity index (χ3v) is 16.5. The van der Waals surface area contributed by atoms with E-state index in [1.807, 2.05) is 70.8 Å². The fourth-order valence-electron chi connectivity index (χ4n) is 10.9. The molecule has 3 aromatic carbocycles. The standard InChI is InChI=1S/C60H68F4N8O8S/c1-33(2)55(53-21-34(3)69-80-53)59(79)72-31-44(74)26-51(72)52(75)25-42(38-12-14-39(15-13-38)56-37(6)67-32-81-56)22-43(73)11-9-8-10-20-65-57(77)41-16-18-48(61)45(23-41)40-17-19-50(71-29-35(4)70(7)36(5)30-71)49(24-40)68-58(78)46-28-66-54(76)27-47(46)60(62,63)64/h12-19,21,23-24,27-28,32-33,35-36,42,44,51,55,74H,8-11,20,22,25-26,29-31H2,1-7H3,(H,65,77)(H,66,76)(H,68,78)/t35-,36+,42-,44-,51+,55-/m1/s1. The Labute approximate surface area is 471 Å². The summed E-state index contributed by atoms with van der Waals surface area (Å²) in [7, 11) is 1.98. The van der Waals surface area contributed by atoms with Crippen molar-refractivity contribution in [3.8, 4) is 21.6 Å². The Balaban J connectivity index is 0.909. The van der Waals surface area contributed by atoms with Crippen LogP contribution >= 0.6 is 11.3 Å². The Bertz CT molecular complexity index is 3310. The molecule has 4 N–H and O–H groups in total. The minimum Gasteiger partial charge on any atom is -0.391 e. The SMILES string of the molecule is Cc1cc([C@H](C(=O)N2C[C@H](O)C[C@H]2C(=O)C[C@@H](CC(=O)CCCCCNC(=O)c2ccc(F)c(-c3ccc(N4C[C@@H](C)N(C)[C@@H](C)C4)c(NC(=O)c4c[nH]c(=O)cc4C(F)(F)F)c3)c2)c2ccc(-c3scnc3C)cc2)C(C)C)on1. The van der Waals surface area contributed by atoms with Crippen molar-refractivity contribution >= 4 is 52.0 Å². The highest BCUT2D eigenvalue weighted by Gasteiger charge is 2.44. The number of nitrogens with zero attached hydrogens (tertiary/aromatic N) is 5. The molecule has 0 saturated carbocycles. The van der Waals surface area contributed by atoms with Crippen molar-refractivity contribution in [3.05, 3.63) is 140 Å². The number of aliphatic hydroxyl groups is 1. The number of H-pyrrole nitrogens is 1. The molecule has 3 aromatic heterocycles. The number of rotatable bonds is 21. The number of pyridine rings is 1. The van der Waals surface area contributed by atoms with Crippen LogP contribution in [0.1, 0.15) is 133 Å². The minimum atomic E-state index is -5.02. The largest absolute Gasteiger partial charge is 0.417 e. The number of anilines is 2. The minimum absolute atomic E-state index is 0.00138. The van der Waals surface area contributed by atoms with Crippen molar-refractivity contribution < 1.29 is 51.2 Å². The van der Waals surface area contributed by atoms with E-state index >= 15 is 4.39 Å². The van der Waals surface area contributed by atoms with Crippen LogP contribution in [0.5, 0.6) is 0 Å². The number of thiazole rings is 1. The molecular weight excluding hydrogens is 1070 g/mol. The molecule has 430 valence electrons. The third kappa shape index (κ3) is 14.2. The number of likely N-dealkylation sites (tertiary alicyclic amines) is 1. The van der Waals surface area contributed by atoms with Gasteiger partial charge >= 0.3 is 6.18 Å². The topological polar surface area (TPSA) is 211 Å². The summed E-state index contributed by atoms with van der Waals surface area (Å²) < 4.78 is 63.4. The van der Waals surface area contributed by atoms with E-state index < -0.39 is 64.5 Å². The van der Waals surface area contributed by atoms with Crippen LogP contribution in [0.3, 0.4) is 0 Å². The molecule has 2 aliphatic rings. The Hall–Kier alpha value is -7.36. The molecular formula is C60H68F4N8O8S. The summed E-state index contributed by atoms with van der Waals surface area (Å²) in [4.78, 5) is 94.5. The smallest absolute Gasteiger partial charge is 0.391 e. The van der Waals surface area contributed by atoms with Crippen LogP contribution in [0.2, 0.25) is 0 Å². The number of aromatic nitrogens is 3. The predicted molar refractivity (Wildman–Crippen MR) is 301 cm³/mol. The maximum atomic E-state index is 15.7. The Morgan fingerprint density at radius 1 is 0.889 bits per heavy atom. The van der Waals surface area contributed by atoms with Crippen molar-refractivity contribution in [2.24, 2.45) is 5.92 Å². The molecule has 81 heavy (non-hydrogen) atoms. The Morgan fingerprint density at radius 3 is 2.26 bits per heavy atom. The number of nitrogens with one attached hydrogen (secondary N) is 3. The van der Waals surface area contributed by atoms with E-state index in [4.69, 9.17) is 4.52 Å². The van der Waals surface area contributed by atoms with E-state index in [0.29, 0.717) is 61.8 Å². The maximum absolute atomic E-state index is 15.7. The van der Waals surface area contributed by atoms with Gasteiger partial charge in [-0.15, -0.1) is 11.3 Å². The molecule has 2 aliphatic heterocycles. The van der Waals surface area contributed by atoms with Crippen LogP contribution in [0.4, 0.5) is 28.9 Å². The van der Waals surface area contributed by atoms with Gasteiger partial charge in [-0.3, -0.25) is 33.7 Å². The Kier molecular flexibility index (Phi) is 18.9. The normalized spacial score (nSPS) is 18.5. The lowest BCUT2D eigenvalue weighted by Crippen LogP contribution is -2.55. The number of hydrogen-bond donors (Lipinski definition) is 4. The van der Waals surface area contributed by atoms with Gasteiger partial charge in [0.15, 0.2) is 5.78 Å². The van der Waals surface area contributed by atoms with Crippen LogP contribution in [0.15, 0.2) is 93.8 Å². The van der Waals surface area contributed by atoms with Gasteiger partial charge in [0.25, 0.3) is 11.8 Å². The molecule has 0 unspecified atom stereocenters. The van der Waals surface area contributed by atoms with Crippen LogP contribution in [0, 0.1) is 25.6 Å². The fourth-order valence-corrected chi connectivity index (χ4v) is 11.7. The van der Waals surface area contributed by atoms with E-state index in [2.05, 4.69) is 30.7 Å². The molecule has 0 radical (unpaired) electrons. The van der Waals surface area contributed by atoms with E-state index in [-0.39, 0.29) is 96.6 Å². The van der Waals surface area contributed by atoms with Crippen molar-refractivity contribution in [1.29, 1.82) is 0 Å². The van der Waals surface area contributed by atoms with Gasteiger partial charge in [0.05, 0.1) is 56.4 Å². The molecule has 6 aromatic rings. The number of aryl methyl sites for hydroxylation is 2. The summed E-state index contributed by atoms with van der Waals surface area (Å²) in [5, 5.41) is 20.3. The Morgan fingerprint density at radius 2 is 1.60 bits per heavy atom. The summed E-state index contributed by atoms with van der Waals surface area (Å²) >= 11 is 1.51. The van der Waals surface area contributed by atoms with Crippen LogP contribution in [-0.2, 0) is 20.6 Å². The number of aliphatic hydroxyl groups excluding tert-OH is 1. The zero-order valence-electron chi connectivity index (χ0n) is 46.4. The molecule has 6 atom stereocenters.